The van der Waals surface area contributed by atoms with Crippen molar-refractivity contribution in [2.75, 3.05) is 10.6 Å². The fourth-order valence-electron chi connectivity index (χ4n) is 2.26. The molecule has 0 bridgehead atoms. The first kappa shape index (κ1) is 17.8. The topological polar surface area (TPSA) is 93.0 Å². The average Bonchev–Trinajstić information content (AvgIpc) is 3.36. The smallest absolute Gasteiger partial charge is 0.361 e. The predicted octanol–water partition coefficient (Wildman–Crippen LogP) is 3.73. The van der Waals surface area contributed by atoms with Crippen LogP contribution in [0.2, 0.25) is 0 Å². The van der Waals surface area contributed by atoms with Crippen molar-refractivity contribution in [1.29, 1.82) is 0 Å². The van der Waals surface area contributed by atoms with Crippen molar-refractivity contribution in [3.63, 3.8) is 0 Å². The summed E-state index contributed by atoms with van der Waals surface area (Å²) in [4.78, 5) is 18.1. The Morgan fingerprint density at radius 2 is 2.04 bits per heavy atom. The molecule has 1 aromatic carbocycles. The van der Waals surface area contributed by atoms with Crippen molar-refractivity contribution in [1.82, 2.24) is 9.97 Å². The van der Waals surface area contributed by atoms with E-state index >= 15 is 0 Å². The Morgan fingerprint density at radius 1 is 1.31 bits per heavy atom. The monoisotopic (exact) mass is 371 g/mol. The lowest BCUT2D eigenvalue weighted by Crippen LogP contribution is -2.14. The van der Waals surface area contributed by atoms with Crippen LogP contribution in [0.25, 0.3) is 0 Å². The highest BCUT2D eigenvalue weighted by atomic mass is 19.4. The van der Waals surface area contributed by atoms with E-state index in [1.54, 1.807) is 0 Å². The lowest BCUT2D eigenvalue weighted by molar-refractivity contribution is -0.384. The highest BCUT2D eigenvalue weighted by molar-refractivity contribution is 5.58. The minimum atomic E-state index is -4.71. The van der Waals surface area contributed by atoms with E-state index < -0.39 is 22.5 Å². The second-order valence-electron chi connectivity index (χ2n) is 5.76. The Bertz CT molecular complexity index is 839. The van der Waals surface area contributed by atoms with E-state index in [1.165, 1.54) is 0 Å². The quantitative estimate of drug-likeness (QED) is 0.457. The van der Waals surface area contributed by atoms with E-state index in [9.17, 15) is 27.7 Å². The van der Waals surface area contributed by atoms with Gasteiger partial charge in [-0.05, 0) is 30.5 Å². The fraction of sp³-hybridized carbons (Fsp3) is 0.333. The molecule has 0 spiro atoms. The third kappa shape index (κ3) is 4.16. The minimum absolute atomic E-state index is 0.00477. The summed E-state index contributed by atoms with van der Waals surface area (Å²) in [6, 6.07) is 2.43. The van der Waals surface area contributed by atoms with Crippen LogP contribution < -0.4 is 10.6 Å². The standard InChI is InChI=1S/C15H13F4N5O2/c16-9-2-1-8(11(5-9)15(17,18)19)6-20-14-21-7-12(24(25)26)13(23-14)22-10-3-4-10/h1-2,5,7,10H,3-4,6H2,(H2,20,21,22,23). The molecule has 1 heterocycles. The van der Waals surface area contributed by atoms with Gasteiger partial charge in [0.25, 0.3) is 0 Å². The van der Waals surface area contributed by atoms with E-state index in [0.717, 1.165) is 31.2 Å². The molecule has 2 N–H and O–H groups in total. The van der Waals surface area contributed by atoms with Crippen LogP contribution in [0.1, 0.15) is 24.0 Å². The lowest BCUT2D eigenvalue weighted by atomic mass is 10.1. The van der Waals surface area contributed by atoms with Gasteiger partial charge in [0.2, 0.25) is 11.8 Å². The number of alkyl halides is 3. The molecule has 26 heavy (non-hydrogen) atoms. The summed E-state index contributed by atoms with van der Waals surface area (Å²) < 4.78 is 52.1. The molecular weight excluding hydrogens is 358 g/mol. The number of aromatic nitrogens is 2. The van der Waals surface area contributed by atoms with Crippen molar-refractivity contribution in [3.8, 4) is 0 Å². The first-order valence-corrected chi connectivity index (χ1v) is 7.61. The number of rotatable bonds is 6. The van der Waals surface area contributed by atoms with Gasteiger partial charge in [-0.25, -0.2) is 9.37 Å². The molecular formula is C15H13F4N5O2. The molecule has 0 atom stereocenters. The maximum absolute atomic E-state index is 13.1. The van der Waals surface area contributed by atoms with Crippen molar-refractivity contribution >= 4 is 17.5 Å². The normalized spacial score (nSPS) is 14.2. The summed E-state index contributed by atoms with van der Waals surface area (Å²) in [5.74, 6) is -1.06. The maximum Gasteiger partial charge on any atom is 0.416 e. The van der Waals surface area contributed by atoms with E-state index in [4.69, 9.17) is 0 Å². The number of halogens is 4. The number of anilines is 2. The van der Waals surface area contributed by atoms with Gasteiger partial charge in [-0.3, -0.25) is 10.1 Å². The SMILES string of the molecule is O=[N+]([O-])c1cnc(NCc2ccc(F)cc2C(F)(F)F)nc1NC1CC1. The fourth-order valence-corrected chi connectivity index (χ4v) is 2.26. The number of hydrogen-bond acceptors (Lipinski definition) is 6. The molecule has 1 aromatic heterocycles. The first-order chi connectivity index (χ1) is 12.2. The van der Waals surface area contributed by atoms with Gasteiger partial charge < -0.3 is 10.6 Å². The summed E-state index contributed by atoms with van der Waals surface area (Å²) >= 11 is 0. The van der Waals surface area contributed by atoms with E-state index in [1.807, 2.05) is 0 Å². The molecule has 1 saturated carbocycles. The van der Waals surface area contributed by atoms with Gasteiger partial charge in [-0.15, -0.1) is 0 Å². The minimum Gasteiger partial charge on any atom is -0.361 e. The largest absolute Gasteiger partial charge is 0.416 e. The summed E-state index contributed by atoms with van der Waals surface area (Å²) in [5.41, 5.74) is -1.62. The number of hydrogen-bond donors (Lipinski definition) is 2. The van der Waals surface area contributed by atoms with Crippen LogP contribution in [0.5, 0.6) is 0 Å². The Hall–Kier alpha value is -2.98. The van der Waals surface area contributed by atoms with Crippen LogP contribution in [-0.4, -0.2) is 20.9 Å². The van der Waals surface area contributed by atoms with Gasteiger partial charge >= 0.3 is 11.9 Å². The Morgan fingerprint density at radius 3 is 2.65 bits per heavy atom. The summed E-state index contributed by atoms with van der Waals surface area (Å²) in [6.45, 7) is -0.324. The van der Waals surface area contributed by atoms with Gasteiger partial charge in [0.15, 0.2) is 0 Å². The third-order valence-electron chi connectivity index (χ3n) is 3.70. The zero-order valence-electron chi connectivity index (χ0n) is 13.2. The molecule has 3 rings (SSSR count). The Balaban J connectivity index is 1.81. The van der Waals surface area contributed by atoms with Gasteiger partial charge in [0.1, 0.15) is 12.0 Å². The van der Waals surface area contributed by atoms with Crippen LogP contribution in [0, 0.1) is 15.9 Å². The van der Waals surface area contributed by atoms with Crippen LogP contribution in [0.3, 0.4) is 0 Å². The lowest BCUT2D eigenvalue weighted by Gasteiger charge is -2.14. The Kier molecular flexibility index (Phi) is 4.62. The van der Waals surface area contributed by atoms with Crippen LogP contribution in [0.15, 0.2) is 24.4 Å². The van der Waals surface area contributed by atoms with Crippen molar-refractivity contribution in [2.45, 2.75) is 31.6 Å². The molecule has 7 nitrogen and oxygen atoms in total. The molecule has 0 amide bonds. The highest BCUT2D eigenvalue weighted by Gasteiger charge is 2.33. The molecule has 1 aliphatic rings. The molecule has 11 heteroatoms. The third-order valence-corrected chi connectivity index (χ3v) is 3.70. The zero-order valence-corrected chi connectivity index (χ0v) is 13.2. The van der Waals surface area contributed by atoms with Crippen molar-refractivity contribution < 1.29 is 22.5 Å². The predicted molar refractivity (Wildman–Crippen MR) is 84.1 cm³/mol. The average molecular weight is 371 g/mol. The number of nitrogens with one attached hydrogen (secondary N) is 2. The highest BCUT2D eigenvalue weighted by Crippen LogP contribution is 2.33. The molecule has 0 unspecified atom stereocenters. The van der Waals surface area contributed by atoms with E-state index in [0.29, 0.717) is 6.07 Å². The molecule has 2 aromatic rings. The number of nitro groups is 1. The second kappa shape index (κ2) is 6.73. The van der Waals surface area contributed by atoms with E-state index in [2.05, 4.69) is 20.6 Å². The molecule has 138 valence electrons. The molecule has 1 aliphatic carbocycles. The number of benzene rings is 1. The second-order valence-corrected chi connectivity index (χ2v) is 5.76. The Labute approximate surface area is 144 Å². The molecule has 1 fully saturated rings. The molecule has 0 saturated heterocycles. The molecule has 0 aliphatic heterocycles. The first-order valence-electron chi connectivity index (χ1n) is 7.61. The van der Waals surface area contributed by atoms with Gasteiger partial charge in [0, 0.05) is 12.6 Å². The zero-order chi connectivity index (χ0) is 18.9. The van der Waals surface area contributed by atoms with E-state index in [-0.39, 0.29) is 35.6 Å². The van der Waals surface area contributed by atoms with Gasteiger partial charge in [-0.2, -0.15) is 18.2 Å². The molecule has 0 radical (unpaired) electrons. The van der Waals surface area contributed by atoms with Crippen LogP contribution >= 0.6 is 0 Å². The number of nitrogens with zero attached hydrogens (tertiary/aromatic N) is 3. The van der Waals surface area contributed by atoms with Gasteiger partial charge in [-0.1, -0.05) is 6.07 Å². The van der Waals surface area contributed by atoms with Crippen LogP contribution in [0.4, 0.5) is 35.0 Å². The maximum atomic E-state index is 13.1. The summed E-state index contributed by atoms with van der Waals surface area (Å²) in [5, 5.41) is 16.5. The van der Waals surface area contributed by atoms with Crippen molar-refractivity contribution in [3.05, 3.63) is 51.5 Å². The van der Waals surface area contributed by atoms with Crippen LogP contribution in [-0.2, 0) is 12.7 Å². The summed E-state index contributed by atoms with van der Waals surface area (Å²) in [7, 11) is 0. The van der Waals surface area contributed by atoms with Crippen molar-refractivity contribution in [2.24, 2.45) is 0 Å². The van der Waals surface area contributed by atoms with Gasteiger partial charge in [0.05, 0.1) is 10.5 Å². The summed E-state index contributed by atoms with van der Waals surface area (Å²) in [6.07, 6.45) is -2.02.